The Hall–Kier alpha value is -2.92. The standard InChI is InChI=1S/C23H30N8OS/c24-23(27-28-25)18-6-5-17(30-11-13-32-14-12-30)15-20(18)31-9-7-29(8-10-31)16-22-26-19-3-1-2-4-21(19)33-22/h1-6,15,28H,7-14,16,25H2,(H2,24,27). The zero-order valence-corrected chi connectivity index (χ0v) is 19.4. The molecule has 0 radical (unpaired) electrons. The summed E-state index contributed by atoms with van der Waals surface area (Å²) < 4.78 is 6.77. The van der Waals surface area contributed by atoms with Gasteiger partial charge in [-0.3, -0.25) is 4.90 Å². The molecule has 0 spiro atoms. The Bertz CT molecular complexity index is 1090. The van der Waals surface area contributed by atoms with E-state index in [9.17, 15) is 0 Å². The first-order chi connectivity index (χ1) is 16.2. The van der Waals surface area contributed by atoms with Crippen molar-refractivity contribution >= 4 is 38.8 Å². The molecule has 1 aromatic heterocycles. The SMILES string of the molecule is NN/N=C(\N)c1ccc(N2CCOCC2)cc1N1CCN(Cc2nc3ccccc3s2)CC1. The molecule has 0 atom stereocenters. The highest BCUT2D eigenvalue weighted by Gasteiger charge is 2.23. The second-order valence-electron chi connectivity index (χ2n) is 8.27. The Kier molecular flexibility index (Phi) is 6.58. The van der Waals surface area contributed by atoms with Crippen molar-refractivity contribution in [2.24, 2.45) is 16.7 Å². The van der Waals surface area contributed by atoms with Crippen molar-refractivity contribution in [2.75, 3.05) is 62.3 Å². The van der Waals surface area contributed by atoms with Crippen molar-refractivity contribution in [2.45, 2.75) is 6.54 Å². The number of nitrogens with two attached hydrogens (primary N) is 2. The predicted molar refractivity (Wildman–Crippen MR) is 135 cm³/mol. The van der Waals surface area contributed by atoms with E-state index in [1.165, 1.54) is 15.4 Å². The lowest BCUT2D eigenvalue weighted by atomic mass is 10.1. The number of fused-ring (bicyclic) bond motifs is 1. The third kappa shape index (κ3) is 4.88. The monoisotopic (exact) mass is 466 g/mol. The van der Waals surface area contributed by atoms with Gasteiger partial charge in [-0.15, -0.1) is 16.4 Å². The van der Waals surface area contributed by atoms with Gasteiger partial charge in [0.25, 0.3) is 0 Å². The molecule has 0 aliphatic carbocycles. The van der Waals surface area contributed by atoms with E-state index in [0.717, 1.165) is 75.8 Å². The van der Waals surface area contributed by atoms with Crippen LogP contribution in [0.3, 0.4) is 0 Å². The number of aromatic nitrogens is 1. The minimum atomic E-state index is 0.387. The Balaban J connectivity index is 1.32. The molecule has 2 aliphatic heterocycles. The molecule has 3 heterocycles. The highest BCUT2D eigenvalue weighted by atomic mass is 32.1. The quantitative estimate of drug-likeness (QED) is 0.217. The van der Waals surface area contributed by atoms with Gasteiger partial charge >= 0.3 is 0 Å². The molecule has 2 aliphatic rings. The number of ether oxygens (including phenoxy) is 1. The summed E-state index contributed by atoms with van der Waals surface area (Å²) in [7, 11) is 0. The van der Waals surface area contributed by atoms with E-state index in [-0.39, 0.29) is 0 Å². The van der Waals surface area contributed by atoms with E-state index in [1.807, 2.05) is 12.1 Å². The normalized spacial score (nSPS) is 18.2. The van der Waals surface area contributed by atoms with Crippen LogP contribution in [0, 0.1) is 0 Å². The lowest BCUT2D eigenvalue weighted by molar-refractivity contribution is 0.122. The maximum absolute atomic E-state index is 6.24. The van der Waals surface area contributed by atoms with Crippen molar-refractivity contribution in [3.63, 3.8) is 0 Å². The topological polar surface area (TPSA) is 108 Å². The smallest absolute Gasteiger partial charge is 0.154 e. The molecule has 3 aromatic rings. The third-order valence-corrected chi connectivity index (χ3v) is 7.25. The molecular formula is C23H30N8OS. The lowest BCUT2D eigenvalue weighted by Gasteiger charge is -2.37. The molecule has 33 heavy (non-hydrogen) atoms. The van der Waals surface area contributed by atoms with Crippen LogP contribution in [0.25, 0.3) is 10.2 Å². The van der Waals surface area contributed by atoms with Crippen LogP contribution in [0.4, 0.5) is 11.4 Å². The number of nitrogens with zero attached hydrogens (tertiary/aromatic N) is 5. The molecule has 0 amide bonds. The van der Waals surface area contributed by atoms with Gasteiger partial charge < -0.3 is 20.3 Å². The Morgan fingerprint density at radius 3 is 2.58 bits per heavy atom. The molecule has 9 nitrogen and oxygen atoms in total. The van der Waals surface area contributed by atoms with Gasteiger partial charge in [0.1, 0.15) is 5.01 Å². The summed E-state index contributed by atoms with van der Waals surface area (Å²) in [5, 5.41) is 5.20. The molecule has 0 saturated carbocycles. The fourth-order valence-electron chi connectivity index (χ4n) is 4.47. The van der Waals surface area contributed by atoms with Crippen LogP contribution in [-0.4, -0.2) is 68.2 Å². The largest absolute Gasteiger partial charge is 0.382 e. The third-order valence-electron chi connectivity index (χ3n) is 6.23. The number of para-hydroxylation sites is 1. The number of hydrogen-bond donors (Lipinski definition) is 3. The van der Waals surface area contributed by atoms with Crippen molar-refractivity contribution in [3.8, 4) is 0 Å². The van der Waals surface area contributed by atoms with E-state index in [1.54, 1.807) is 11.3 Å². The van der Waals surface area contributed by atoms with Crippen LogP contribution in [0.15, 0.2) is 47.6 Å². The van der Waals surface area contributed by atoms with Crippen LogP contribution in [0.2, 0.25) is 0 Å². The summed E-state index contributed by atoms with van der Waals surface area (Å²) in [6.07, 6.45) is 0. The number of anilines is 2. The molecule has 5 N–H and O–H groups in total. The van der Waals surface area contributed by atoms with Crippen LogP contribution in [-0.2, 0) is 11.3 Å². The van der Waals surface area contributed by atoms with Gasteiger partial charge in [0.05, 0.1) is 30.0 Å². The number of rotatable bonds is 6. The van der Waals surface area contributed by atoms with Gasteiger partial charge in [-0.25, -0.2) is 16.4 Å². The number of benzene rings is 2. The minimum absolute atomic E-state index is 0.387. The summed E-state index contributed by atoms with van der Waals surface area (Å²) in [5.41, 5.74) is 12.8. The van der Waals surface area contributed by atoms with Crippen LogP contribution >= 0.6 is 11.3 Å². The maximum Gasteiger partial charge on any atom is 0.154 e. The highest BCUT2D eigenvalue weighted by molar-refractivity contribution is 7.18. The number of hydrogen-bond acceptors (Lipinski definition) is 9. The number of thiazole rings is 1. The molecule has 10 heteroatoms. The summed E-state index contributed by atoms with van der Waals surface area (Å²) in [6, 6.07) is 14.7. The number of hydrazine groups is 1. The summed E-state index contributed by atoms with van der Waals surface area (Å²) in [5.74, 6) is 5.78. The van der Waals surface area contributed by atoms with Gasteiger partial charge in [-0.1, -0.05) is 12.1 Å². The average molecular weight is 467 g/mol. The van der Waals surface area contributed by atoms with Crippen LogP contribution < -0.4 is 26.9 Å². The maximum atomic E-state index is 6.24. The van der Waals surface area contributed by atoms with Crippen molar-refractivity contribution < 1.29 is 4.74 Å². The van der Waals surface area contributed by atoms with Crippen LogP contribution in [0.1, 0.15) is 10.6 Å². The fraction of sp³-hybridized carbons (Fsp3) is 0.391. The van der Waals surface area contributed by atoms with E-state index in [0.29, 0.717) is 5.84 Å². The van der Waals surface area contributed by atoms with Gasteiger partial charge in [0, 0.05) is 56.2 Å². The zero-order chi connectivity index (χ0) is 22.6. The van der Waals surface area contributed by atoms with Crippen molar-refractivity contribution in [1.29, 1.82) is 0 Å². The first kappa shape index (κ1) is 21.9. The number of hydrazone groups is 1. The lowest BCUT2D eigenvalue weighted by Crippen LogP contribution is -2.46. The number of amidine groups is 1. The van der Waals surface area contributed by atoms with Gasteiger partial charge in [0.2, 0.25) is 0 Å². The average Bonchev–Trinajstić information content (AvgIpc) is 3.27. The molecule has 0 bridgehead atoms. The minimum Gasteiger partial charge on any atom is -0.382 e. The van der Waals surface area contributed by atoms with E-state index < -0.39 is 0 Å². The molecule has 174 valence electrons. The molecule has 2 fully saturated rings. The molecule has 5 rings (SSSR count). The first-order valence-corrected chi connectivity index (χ1v) is 12.1. The Labute approximate surface area is 197 Å². The van der Waals surface area contributed by atoms with Gasteiger partial charge in [-0.05, 0) is 30.3 Å². The predicted octanol–water partition coefficient (Wildman–Crippen LogP) is 1.54. The molecule has 2 aromatic carbocycles. The Morgan fingerprint density at radius 2 is 1.82 bits per heavy atom. The second kappa shape index (κ2) is 9.92. The summed E-state index contributed by atoms with van der Waals surface area (Å²) in [4.78, 5) is 12.0. The van der Waals surface area contributed by atoms with Crippen LogP contribution in [0.5, 0.6) is 0 Å². The number of nitrogens with one attached hydrogen (secondary N) is 1. The summed E-state index contributed by atoms with van der Waals surface area (Å²) in [6.45, 7) is 7.92. The highest BCUT2D eigenvalue weighted by Crippen LogP contribution is 2.29. The van der Waals surface area contributed by atoms with E-state index >= 15 is 0 Å². The van der Waals surface area contributed by atoms with E-state index in [2.05, 4.69) is 55.7 Å². The Morgan fingerprint density at radius 1 is 1.03 bits per heavy atom. The van der Waals surface area contributed by atoms with Crippen molar-refractivity contribution in [1.82, 2.24) is 15.4 Å². The fourth-order valence-corrected chi connectivity index (χ4v) is 5.48. The van der Waals surface area contributed by atoms with Crippen molar-refractivity contribution in [3.05, 3.63) is 53.0 Å². The second-order valence-corrected chi connectivity index (χ2v) is 9.38. The van der Waals surface area contributed by atoms with E-state index in [4.69, 9.17) is 21.3 Å². The first-order valence-electron chi connectivity index (χ1n) is 11.3. The zero-order valence-electron chi connectivity index (χ0n) is 18.6. The summed E-state index contributed by atoms with van der Waals surface area (Å²) >= 11 is 1.78. The van der Waals surface area contributed by atoms with Gasteiger partial charge in [-0.2, -0.15) is 0 Å². The van der Waals surface area contributed by atoms with Gasteiger partial charge in [0.15, 0.2) is 5.84 Å². The number of piperazine rings is 1. The number of morpholine rings is 1. The molecular weight excluding hydrogens is 436 g/mol. The molecule has 2 saturated heterocycles. The molecule has 0 unspecified atom stereocenters.